The van der Waals surface area contributed by atoms with Gasteiger partial charge in [-0.2, -0.15) is 0 Å². The standard InChI is InChI=1S/C14H19ClN4O3/c15-12-4-2-1-3-10(12)8-22-9-14(21)16-7-13(20)19-11-5-17-18-6-11/h1-4,11,17-18H,5-9H2,(H,16,21)(H,19,20). The summed E-state index contributed by atoms with van der Waals surface area (Å²) in [7, 11) is 0. The second-order valence-electron chi connectivity index (χ2n) is 4.89. The number of nitrogens with one attached hydrogen (secondary N) is 4. The zero-order chi connectivity index (χ0) is 15.8. The fourth-order valence-corrected chi connectivity index (χ4v) is 2.13. The normalized spacial score (nSPS) is 14.8. The Morgan fingerprint density at radius 3 is 2.68 bits per heavy atom. The van der Waals surface area contributed by atoms with E-state index < -0.39 is 0 Å². The van der Waals surface area contributed by atoms with E-state index in [2.05, 4.69) is 21.5 Å². The number of rotatable bonds is 7. The van der Waals surface area contributed by atoms with E-state index in [-0.39, 0.29) is 37.6 Å². The number of ether oxygens (including phenoxy) is 1. The van der Waals surface area contributed by atoms with E-state index in [1.54, 1.807) is 6.07 Å². The molecule has 22 heavy (non-hydrogen) atoms. The maximum absolute atomic E-state index is 11.6. The van der Waals surface area contributed by atoms with Crippen LogP contribution >= 0.6 is 11.6 Å². The monoisotopic (exact) mass is 326 g/mol. The molecule has 1 aromatic carbocycles. The summed E-state index contributed by atoms with van der Waals surface area (Å²) in [5, 5.41) is 5.89. The molecule has 8 heteroatoms. The molecule has 1 aliphatic heterocycles. The van der Waals surface area contributed by atoms with E-state index in [1.165, 1.54) is 0 Å². The third-order valence-electron chi connectivity index (χ3n) is 3.08. The maximum Gasteiger partial charge on any atom is 0.246 e. The molecule has 0 unspecified atom stereocenters. The Hall–Kier alpha value is -1.67. The second-order valence-corrected chi connectivity index (χ2v) is 5.29. The molecule has 2 rings (SSSR count). The lowest BCUT2D eigenvalue weighted by molar-refractivity contribution is -0.129. The first-order valence-electron chi connectivity index (χ1n) is 6.98. The van der Waals surface area contributed by atoms with Gasteiger partial charge in [-0.25, -0.2) is 0 Å². The highest BCUT2D eigenvalue weighted by molar-refractivity contribution is 6.31. The van der Waals surface area contributed by atoms with E-state index in [0.717, 1.165) is 5.56 Å². The molecule has 0 aliphatic carbocycles. The van der Waals surface area contributed by atoms with E-state index >= 15 is 0 Å². The number of amides is 2. The van der Waals surface area contributed by atoms with Gasteiger partial charge in [0, 0.05) is 18.1 Å². The Morgan fingerprint density at radius 1 is 1.23 bits per heavy atom. The number of hydrogen-bond acceptors (Lipinski definition) is 5. The summed E-state index contributed by atoms with van der Waals surface area (Å²) < 4.78 is 5.28. The molecule has 1 aromatic rings. The minimum absolute atomic E-state index is 0.0425. The summed E-state index contributed by atoms with van der Waals surface area (Å²) in [6, 6.07) is 7.31. The fraction of sp³-hybridized carbons (Fsp3) is 0.429. The van der Waals surface area contributed by atoms with Gasteiger partial charge in [-0.1, -0.05) is 29.8 Å². The molecular formula is C14H19ClN4O3. The molecule has 4 N–H and O–H groups in total. The van der Waals surface area contributed by atoms with Crippen LogP contribution in [0.5, 0.6) is 0 Å². The van der Waals surface area contributed by atoms with Gasteiger partial charge in [0.1, 0.15) is 6.61 Å². The van der Waals surface area contributed by atoms with Gasteiger partial charge in [0.25, 0.3) is 0 Å². The van der Waals surface area contributed by atoms with E-state index in [0.29, 0.717) is 18.1 Å². The summed E-state index contributed by atoms with van der Waals surface area (Å²) >= 11 is 5.98. The Labute approximate surface area is 133 Å². The summed E-state index contributed by atoms with van der Waals surface area (Å²) in [6.07, 6.45) is 0. The SMILES string of the molecule is O=C(COCc1ccccc1Cl)NCC(=O)NC1CNNC1. The average molecular weight is 327 g/mol. The summed E-state index contributed by atoms with van der Waals surface area (Å²) in [5.41, 5.74) is 6.63. The van der Waals surface area contributed by atoms with Gasteiger partial charge in [-0.05, 0) is 11.6 Å². The van der Waals surface area contributed by atoms with Crippen LogP contribution in [-0.4, -0.2) is 44.1 Å². The topological polar surface area (TPSA) is 91.5 Å². The van der Waals surface area contributed by atoms with E-state index in [9.17, 15) is 9.59 Å². The first kappa shape index (κ1) is 16.7. The van der Waals surface area contributed by atoms with Crippen molar-refractivity contribution in [2.45, 2.75) is 12.6 Å². The minimum Gasteiger partial charge on any atom is -0.367 e. The summed E-state index contributed by atoms with van der Waals surface area (Å²) in [4.78, 5) is 23.2. The lowest BCUT2D eigenvalue weighted by Gasteiger charge is -2.11. The summed E-state index contributed by atoms with van der Waals surface area (Å²) in [5.74, 6) is -0.570. The zero-order valence-corrected chi connectivity index (χ0v) is 12.8. The number of hydrazine groups is 1. The molecule has 0 radical (unpaired) electrons. The van der Waals surface area contributed by atoms with Gasteiger partial charge in [0.15, 0.2) is 0 Å². The van der Waals surface area contributed by atoms with Crippen LogP contribution in [0.1, 0.15) is 5.56 Å². The van der Waals surface area contributed by atoms with Crippen molar-refractivity contribution < 1.29 is 14.3 Å². The molecule has 1 heterocycles. The molecule has 1 saturated heterocycles. The van der Waals surface area contributed by atoms with Crippen molar-refractivity contribution in [3.63, 3.8) is 0 Å². The third-order valence-corrected chi connectivity index (χ3v) is 3.45. The molecule has 120 valence electrons. The van der Waals surface area contributed by atoms with Crippen molar-refractivity contribution in [1.29, 1.82) is 0 Å². The molecule has 1 aliphatic rings. The molecular weight excluding hydrogens is 308 g/mol. The van der Waals surface area contributed by atoms with Gasteiger partial charge in [0.05, 0.1) is 19.2 Å². The Balaban J connectivity index is 1.59. The van der Waals surface area contributed by atoms with Gasteiger partial charge >= 0.3 is 0 Å². The van der Waals surface area contributed by atoms with Crippen LogP contribution in [0.25, 0.3) is 0 Å². The first-order valence-corrected chi connectivity index (χ1v) is 7.36. The van der Waals surface area contributed by atoms with Crippen molar-refractivity contribution in [3.8, 4) is 0 Å². The quantitative estimate of drug-likeness (QED) is 0.545. The average Bonchev–Trinajstić information content (AvgIpc) is 3.00. The predicted octanol–water partition coefficient (Wildman–Crippen LogP) is -0.435. The molecule has 1 fully saturated rings. The highest BCUT2D eigenvalue weighted by atomic mass is 35.5. The Morgan fingerprint density at radius 2 is 1.95 bits per heavy atom. The van der Waals surface area contributed by atoms with Gasteiger partial charge < -0.3 is 15.4 Å². The van der Waals surface area contributed by atoms with Crippen molar-refractivity contribution in [2.24, 2.45) is 0 Å². The smallest absolute Gasteiger partial charge is 0.246 e. The minimum atomic E-state index is -0.343. The molecule has 0 aromatic heterocycles. The number of carbonyl (C=O) groups is 2. The van der Waals surface area contributed by atoms with Gasteiger partial charge in [0.2, 0.25) is 11.8 Å². The van der Waals surface area contributed by atoms with Crippen LogP contribution in [0.3, 0.4) is 0 Å². The van der Waals surface area contributed by atoms with Crippen LogP contribution in [-0.2, 0) is 20.9 Å². The van der Waals surface area contributed by atoms with E-state index in [4.69, 9.17) is 16.3 Å². The molecule has 0 atom stereocenters. The lowest BCUT2D eigenvalue weighted by atomic mass is 10.2. The maximum atomic E-state index is 11.6. The van der Waals surface area contributed by atoms with E-state index in [1.807, 2.05) is 18.2 Å². The third kappa shape index (κ3) is 5.61. The highest BCUT2D eigenvalue weighted by Crippen LogP contribution is 2.15. The van der Waals surface area contributed by atoms with Crippen LogP contribution < -0.4 is 21.5 Å². The van der Waals surface area contributed by atoms with Gasteiger partial charge in [-0.3, -0.25) is 20.4 Å². The lowest BCUT2D eigenvalue weighted by Crippen LogP contribution is -2.44. The van der Waals surface area contributed by atoms with Gasteiger partial charge in [-0.15, -0.1) is 0 Å². The van der Waals surface area contributed by atoms with Crippen molar-refractivity contribution in [2.75, 3.05) is 26.2 Å². The largest absolute Gasteiger partial charge is 0.367 e. The van der Waals surface area contributed by atoms with Crippen LogP contribution in [0, 0.1) is 0 Å². The number of hydrogen-bond donors (Lipinski definition) is 4. The highest BCUT2D eigenvalue weighted by Gasteiger charge is 2.16. The molecule has 0 saturated carbocycles. The number of carbonyl (C=O) groups excluding carboxylic acids is 2. The zero-order valence-electron chi connectivity index (χ0n) is 12.0. The number of benzene rings is 1. The molecule has 2 amide bonds. The second kappa shape index (κ2) is 8.70. The van der Waals surface area contributed by atoms with Crippen molar-refractivity contribution >= 4 is 23.4 Å². The van der Waals surface area contributed by atoms with Crippen LogP contribution in [0.2, 0.25) is 5.02 Å². The summed E-state index contributed by atoms with van der Waals surface area (Å²) in [6.45, 7) is 1.40. The Kier molecular flexibility index (Phi) is 6.60. The Bertz CT molecular complexity index is 521. The van der Waals surface area contributed by atoms with Crippen molar-refractivity contribution in [1.82, 2.24) is 21.5 Å². The predicted molar refractivity (Wildman–Crippen MR) is 82.1 cm³/mol. The van der Waals surface area contributed by atoms with Crippen molar-refractivity contribution in [3.05, 3.63) is 34.9 Å². The fourth-order valence-electron chi connectivity index (χ4n) is 1.94. The molecule has 0 bridgehead atoms. The van der Waals surface area contributed by atoms with Crippen LogP contribution in [0.4, 0.5) is 0 Å². The number of halogens is 1. The first-order chi connectivity index (χ1) is 10.6. The molecule has 0 spiro atoms. The molecule has 7 nitrogen and oxygen atoms in total. The van der Waals surface area contributed by atoms with Crippen LogP contribution in [0.15, 0.2) is 24.3 Å².